The molecular formula is C18H14N4O2S. The summed E-state index contributed by atoms with van der Waals surface area (Å²) in [7, 11) is 1.63. The van der Waals surface area contributed by atoms with Crippen LogP contribution in [0.25, 0.3) is 11.3 Å². The van der Waals surface area contributed by atoms with E-state index in [1.807, 2.05) is 41.1 Å². The van der Waals surface area contributed by atoms with Gasteiger partial charge in [0, 0.05) is 5.56 Å². The zero-order chi connectivity index (χ0) is 17.4. The first-order chi connectivity index (χ1) is 12.2. The highest BCUT2D eigenvalue weighted by molar-refractivity contribution is 7.08. The van der Waals surface area contributed by atoms with Crippen LogP contribution in [0.4, 0.5) is 0 Å². The van der Waals surface area contributed by atoms with E-state index in [1.165, 1.54) is 0 Å². The lowest BCUT2D eigenvalue weighted by Gasteiger charge is -2.23. The fourth-order valence-electron chi connectivity index (χ4n) is 3.00. The smallest absolute Gasteiger partial charge is 0.244 e. The maximum Gasteiger partial charge on any atom is 0.244 e. The first kappa shape index (κ1) is 15.3. The first-order valence-corrected chi connectivity index (χ1v) is 8.49. The van der Waals surface area contributed by atoms with Crippen molar-refractivity contribution in [2.24, 2.45) is 5.73 Å². The van der Waals surface area contributed by atoms with Gasteiger partial charge in [0.15, 0.2) is 0 Å². The largest absolute Gasteiger partial charge is 0.497 e. The summed E-state index contributed by atoms with van der Waals surface area (Å²) in [4.78, 5) is 0. The normalized spacial score (nSPS) is 16.1. The number of hydrogen-bond acceptors (Lipinski definition) is 6. The Morgan fingerprint density at radius 2 is 2.12 bits per heavy atom. The van der Waals surface area contributed by atoms with Crippen LogP contribution in [0.15, 0.2) is 52.5 Å². The maximum absolute atomic E-state index is 9.61. The van der Waals surface area contributed by atoms with Crippen molar-refractivity contribution in [3.63, 3.8) is 0 Å². The molecule has 7 heteroatoms. The number of aromatic amines is 1. The summed E-state index contributed by atoms with van der Waals surface area (Å²) in [6.07, 6.45) is 0. The number of thiophene rings is 1. The third-order valence-electron chi connectivity index (χ3n) is 4.19. The number of rotatable bonds is 3. The van der Waals surface area contributed by atoms with Gasteiger partial charge in [0.2, 0.25) is 11.8 Å². The number of benzene rings is 1. The lowest BCUT2D eigenvalue weighted by molar-refractivity contribution is 0.379. The second-order valence-electron chi connectivity index (χ2n) is 5.53. The van der Waals surface area contributed by atoms with Crippen molar-refractivity contribution in [3.05, 3.63) is 63.7 Å². The van der Waals surface area contributed by atoms with Crippen molar-refractivity contribution in [2.45, 2.75) is 5.92 Å². The molecule has 0 amide bonds. The van der Waals surface area contributed by atoms with E-state index in [0.717, 1.165) is 28.1 Å². The highest BCUT2D eigenvalue weighted by atomic mass is 32.1. The monoisotopic (exact) mass is 350 g/mol. The molecule has 2 aromatic heterocycles. The van der Waals surface area contributed by atoms with Crippen LogP contribution in [0.1, 0.15) is 17.0 Å². The molecule has 0 saturated carbocycles. The van der Waals surface area contributed by atoms with E-state index in [1.54, 1.807) is 18.4 Å². The Labute approximate surface area is 148 Å². The van der Waals surface area contributed by atoms with E-state index >= 15 is 0 Å². The third-order valence-corrected chi connectivity index (χ3v) is 4.90. The molecule has 0 bridgehead atoms. The molecule has 3 N–H and O–H groups in total. The van der Waals surface area contributed by atoms with Crippen molar-refractivity contribution in [1.82, 2.24) is 10.2 Å². The second kappa shape index (κ2) is 6.00. The van der Waals surface area contributed by atoms with Gasteiger partial charge >= 0.3 is 0 Å². The van der Waals surface area contributed by atoms with Gasteiger partial charge in [-0.25, -0.2) is 0 Å². The fraction of sp³-hybridized carbons (Fsp3) is 0.111. The molecule has 1 aliphatic heterocycles. The van der Waals surface area contributed by atoms with Crippen LogP contribution in [0.2, 0.25) is 0 Å². The van der Waals surface area contributed by atoms with Gasteiger partial charge in [0.25, 0.3) is 0 Å². The molecule has 0 unspecified atom stereocenters. The molecule has 0 saturated heterocycles. The van der Waals surface area contributed by atoms with Gasteiger partial charge in [-0.15, -0.1) is 5.10 Å². The van der Waals surface area contributed by atoms with E-state index in [-0.39, 0.29) is 11.8 Å². The van der Waals surface area contributed by atoms with Crippen LogP contribution < -0.4 is 15.2 Å². The number of allylic oxidation sites excluding steroid dienone is 1. The predicted octanol–water partition coefficient (Wildman–Crippen LogP) is 3.36. The number of nitrogens with zero attached hydrogens (tertiary/aromatic N) is 2. The topological polar surface area (TPSA) is 97.0 Å². The maximum atomic E-state index is 9.61. The standard InChI is InChI=1S/C18H14N4O2S/c1-23-12-4-2-10(3-5-12)16-15-14(11-6-7-25-9-11)13(8-19)17(20)24-18(15)22-21-16/h2-7,9,14H,20H2,1H3,(H,21,22)/t14-/m0/s1. The van der Waals surface area contributed by atoms with Gasteiger partial charge in [-0.3, -0.25) is 5.10 Å². The average Bonchev–Trinajstić information content (AvgIpc) is 3.30. The number of ether oxygens (including phenoxy) is 2. The Morgan fingerprint density at radius 1 is 1.32 bits per heavy atom. The molecule has 3 aromatic rings. The number of nitriles is 1. The minimum Gasteiger partial charge on any atom is -0.497 e. The number of aromatic nitrogens is 2. The van der Waals surface area contributed by atoms with Gasteiger partial charge in [-0.2, -0.15) is 16.6 Å². The molecule has 6 nitrogen and oxygen atoms in total. The van der Waals surface area contributed by atoms with E-state index < -0.39 is 0 Å². The van der Waals surface area contributed by atoms with Crippen LogP contribution in [-0.2, 0) is 0 Å². The Morgan fingerprint density at radius 3 is 2.76 bits per heavy atom. The molecule has 25 heavy (non-hydrogen) atoms. The number of H-pyrrole nitrogens is 1. The lowest BCUT2D eigenvalue weighted by atomic mass is 9.84. The molecule has 0 aliphatic carbocycles. The predicted molar refractivity (Wildman–Crippen MR) is 94.2 cm³/mol. The van der Waals surface area contributed by atoms with Crippen LogP contribution in [-0.4, -0.2) is 17.3 Å². The first-order valence-electron chi connectivity index (χ1n) is 7.55. The molecular weight excluding hydrogens is 336 g/mol. The fourth-order valence-corrected chi connectivity index (χ4v) is 3.68. The highest BCUT2D eigenvalue weighted by Crippen LogP contribution is 2.46. The number of nitrogens with two attached hydrogens (primary N) is 1. The summed E-state index contributed by atoms with van der Waals surface area (Å²) < 4.78 is 10.8. The Hall–Kier alpha value is -3.24. The molecule has 3 heterocycles. The lowest BCUT2D eigenvalue weighted by Crippen LogP contribution is -2.20. The van der Waals surface area contributed by atoms with Crippen LogP contribution in [0.3, 0.4) is 0 Å². The molecule has 124 valence electrons. The quantitative estimate of drug-likeness (QED) is 0.755. The molecule has 0 spiro atoms. The summed E-state index contributed by atoms with van der Waals surface area (Å²) in [5, 5.41) is 20.9. The van der Waals surface area contributed by atoms with Gasteiger partial charge in [0.1, 0.15) is 17.4 Å². The van der Waals surface area contributed by atoms with Crippen LogP contribution >= 0.6 is 11.3 Å². The van der Waals surface area contributed by atoms with Crippen molar-refractivity contribution < 1.29 is 9.47 Å². The summed E-state index contributed by atoms with van der Waals surface area (Å²) in [5.41, 5.74) is 9.88. The minimum atomic E-state index is -0.309. The van der Waals surface area contributed by atoms with E-state index in [2.05, 4.69) is 16.3 Å². The second-order valence-corrected chi connectivity index (χ2v) is 6.31. The summed E-state index contributed by atoms with van der Waals surface area (Å²) in [6.45, 7) is 0. The van der Waals surface area contributed by atoms with Crippen LogP contribution in [0, 0.1) is 11.3 Å². The van der Waals surface area contributed by atoms with Gasteiger partial charge in [-0.1, -0.05) is 0 Å². The van der Waals surface area contributed by atoms with Gasteiger partial charge in [0.05, 0.1) is 24.3 Å². The molecule has 1 aliphatic rings. The molecule has 1 aromatic carbocycles. The molecule has 0 fully saturated rings. The van der Waals surface area contributed by atoms with Crippen LogP contribution in [0.5, 0.6) is 11.6 Å². The number of nitrogens with one attached hydrogen (secondary N) is 1. The van der Waals surface area contributed by atoms with E-state index in [0.29, 0.717) is 11.5 Å². The number of fused-ring (bicyclic) bond motifs is 1. The Balaban J connectivity index is 1.90. The van der Waals surface area contributed by atoms with E-state index in [9.17, 15) is 5.26 Å². The molecule has 1 atom stereocenters. The van der Waals surface area contributed by atoms with Crippen molar-refractivity contribution in [3.8, 4) is 29.0 Å². The minimum absolute atomic E-state index is 0.0963. The average molecular weight is 350 g/mol. The summed E-state index contributed by atoms with van der Waals surface area (Å²) >= 11 is 1.57. The Bertz CT molecular complexity index is 981. The summed E-state index contributed by atoms with van der Waals surface area (Å²) in [5.74, 6) is 0.956. The number of methoxy groups -OCH3 is 1. The zero-order valence-corrected chi connectivity index (χ0v) is 14.1. The third kappa shape index (κ3) is 2.44. The summed E-state index contributed by atoms with van der Waals surface area (Å²) in [6, 6.07) is 11.8. The van der Waals surface area contributed by atoms with Crippen molar-refractivity contribution in [1.29, 1.82) is 5.26 Å². The van der Waals surface area contributed by atoms with Gasteiger partial charge in [-0.05, 0) is 46.7 Å². The van der Waals surface area contributed by atoms with Crippen molar-refractivity contribution in [2.75, 3.05) is 7.11 Å². The highest BCUT2D eigenvalue weighted by Gasteiger charge is 2.35. The Kier molecular flexibility index (Phi) is 3.67. The zero-order valence-electron chi connectivity index (χ0n) is 13.3. The van der Waals surface area contributed by atoms with E-state index in [4.69, 9.17) is 15.2 Å². The SMILES string of the molecule is COc1ccc(-c2[nH]nc3c2[C@@H](c2ccsc2)C(C#N)=C(N)O3)cc1. The molecule has 0 radical (unpaired) electrons. The van der Waals surface area contributed by atoms with Gasteiger partial charge < -0.3 is 15.2 Å². The number of hydrogen-bond donors (Lipinski definition) is 2. The van der Waals surface area contributed by atoms with Crippen molar-refractivity contribution >= 4 is 11.3 Å². The molecule has 4 rings (SSSR count).